The van der Waals surface area contributed by atoms with E-state index in [0.717, 1.165) is 15.8 Å². The number of para-hydroxylation sites is 1. The number of aromatic nitrogens is 1. The third-order valence-corrected chi connectivity index (χ3v) is 6.73. The van der Waals surface area contributed by atoms with Crippen LogP contribution in [-0.4, -0.2) is 28.9 Å². The zero-order valence-corrected chi connectivity index (χ0v) is 18.8. The van der Waals surface area contributed by atoms with Gasteiger partial charge < -0.3 is 9.84 Å². The Kier molecular flexibility index (Phi) is 5.18. The molecule has 5 rings (SSSR count). The molecule has 0 aliphatic carbocycles. The van der Waals surface area contributed by atoms with Gasteiger partial charge in [-0.1, -0.05) is 65.4 Å². The third-order valence-electron chi connectivity index (χ3n) is 5.69. The van der Waals surface area contributed by atoms with Gasteiger partial charge in [-0.15, -0.1) is 0 Å². The quantitative estimate of drug-likeness (QED) is 0.258. The minimum absolute atomic E-state index is 0.0354. The molecule has 3 aromatic carbocycles. The van der Waals surface area contributed by atoms with Crippen molar-refractivity contribution in [3.05, 3.63) is 95.1 Å². The first kappa shape index (κ1) is 20.9. The van der Waals surface area contributed by atoms with Crippen LogP contribution in [0.1, 0.15) is 22.7 Å². The van der Waals surface area contributed by atoms with Gasteiger partial charge in [-0.2, -0.15) is 0 Å². The molecule has 0 bridgehead atoms. The number of thiazole rings is 1. The van der Waals surface area contributed by atoms with E-state index in [1.807, 2.05) is 43.3 Å². The normalized spacial score (nSPS) is 17.6. The van der Waals surface area contributed by atoms with Crippen LogP contribution in [0.2, 0.25) is 0 Å². The minimum atomic E-state index is -0.822. The topological polar surface area (TPSA) is 79.7 Å². The number of Topliss-reactive ketones (excluding diaryl/α,β-unsaturated/α-hetero) is 1. The smallest absolute Gasteiger partial charge is 0.301 e. The van der Waals surface area contributed by atoms with E-state index in [9.17, 15) is 14.7 Å². The highest BCUT2D eigenvalue weighted by Crippen LogP contribution is 2.44. The number of carbonyl (C=O) groups is 2. The molecule has 6 nitrogen and oxygen atoms in total. The Bertz CT molecular complexity index is 1370. The Labute approximate surface area is 194 Å². The van der Waals surface area contributed by atoms with E-state index >= 15 is 0 Å². The average molecular weight is 457 g/mol. The molecule has 1 fully saturated rings. The summed E-state index contributed by atoms with van der Waals surface area (Å²) in [5.74, 6) is -1.02. The monoisotopic (exact) mass is 456 g/mol. The highest BCUT2D eigenvalue weighted by atomic mass is 32.1. The maximum atomic E-state index is 13.3. The van der Waals surface area contributed by atoms with Crippen LogP contribution in [0.4, 0.5) is 5.13 Å². The number of nitrogens with zero attached hydrogens (tertiary/aromatic N) is 2. The Morgan fingerprint density at radius 2 is 1.70 bits per heavy atom. The van der Waals surface area contributed by atoms with Crippen molar-refractivity contribution in [2.75, 3.05) is 12.0 Å². The van der Waals surface area contributed by atoms with Gasteiger partial charge in [-0.05, 0) is 36.8 Å². The average Bonchev–Trinajstić information content (AvgIpc) is 3.37. The number of ether oxygens (including phenoxy) is 1. The van der Waals surface area contributed by atoms with Crippen molar-refractivity contribution in [1.29, 1.82) is 0 Å². The summed E-state index contributed by atoms with van der Waals surface area (Å²) in [6, 6.07) is 21.0. The van der Waals surface area contributed by atoms with Gasteiger partial charge in [0.05, 0.1) is 28.9 Å². The van der Waals surface area contributed by atoms with Gasteiger partial charge in [0.15, 0.2) is 5.13 Å². The van der Waals surface area contributed by atoms with Gasteiger partial charge in [0.1, 0.15) is 11.5 Å². The van der Waals surface area contributed by atoms with E-state index in [4.69, 9.17) is 4.74 Å². The molecule has 0 spiro atoms. The molecule has 2 heterocycles. The number of amides is 1. The number of fused-ring (bicyclic) bond motifs is 1. The van der Waals surface area contributed by atoms with Gasteiger partial charge in [-0.25, -0.2) is 4.98 Å². The second-order valence-electron chi connectivity index (χ2n) is 7.77. The Morgan fingerprint density at radius 1 is 1.00 bits per heavy atom. The fourth-order valence-electron chi connectivity index (χ4n) is 3.96. The first-order chi connectivity index (χ1) is 16.0. The van der Waals surface area contributed by atoms with Crippen molar-refractivity contribution >= 4 is 44.1 Å². The summed E-state index contributed by atoms with van der Waals surface area (Å²) in [5.41, 5.74) is 2.94. The molecule has 1 atom stereocenters. The van der Waals surface area contributed by atoms with Crippen LogP contribution in [0.5, 0.6) is 5.75 Å². The van der Waals surface area contributed by atoms with Crippen molar-refractivity contribution in [3.8, 4) is 5.75 Å². The van der Waals surface area contributed by atoms with E-state index < -0.39 is 17.7 Å². The van der Waals surface area contributed by atoms with Crippen LogP contribution in [0.25, 0.3) is 16.0 Å². The zero-order valence-electron chi connectivity index (χ0n) is 18.0. The predicted molar refractivity (Wildman–Crippen MR) is 129 cm³/mol. The van der Waals surface area contributed by atoms with Crippen molar-refractivity contribution in [1.82, 2.24) is 4.98 Å². The molecule has 33 heavy (non-hydrogen) atoms. The first-order valence-electron chi connectivity index (χ1n) is 10.4. The van der Waals surface area contributed by atoms with E-state index in [0.29, 0.717) is 22.0 Å². The summed E-state index contributed by atoms with van der Waals surface area (Å²) in [6.45, 7) is 1.94. The minimum Gasteiger partial charge on any atom is -0.507 e. The predicted octanol–water partition coefficient (Wildman–Crippen LogP) is 5.24. The van der Waals surface area contributed by atoms with Gasteiger partial charge in [-0.3, -0.25) is 14.5 Å². The molecule has 0 radical (unpaired) electrons. The van der Waals surface area contributed by atoms with E-state index in [1.54, 1.807) is 43.5 Å². The summed E-state index contributed by atoms with van der Waals surface area (Å²) >= 11 is 1.33. The van der Waals surface area contributed by atoms with Crippen molar-refractivity contribution in [2.45, 2.75) is 13.0 Å². The molecule has 1 saturated heterocycles. The van der Waals surface area contributed by atoms with E-state index in [1.165, 1.54) is 16.2 Å². The van der Waals surface area contributed by atoms with Gasteiger partial charge >= 0.3 is 5.91 Å². The molecule has 1 aliphatic rings. The molecule has 4 aromatic rings. The van der Waals surface area contributed by atoms with E-state index in [-0.39, 0.29) is 11.3 Å². The lowest BCUT2D eigenvalue weighted by molar-refractivity contribution is -0.132. The first-order valence-corrected chi connectivity index (χ1v) is 11.2. The standard InChI is InChI=1S/C26H20N2O4S/c1-15-7-9-17(10-8-15)23(29)21-22(16-11-13-18(32-2)14-12-16)28(25(31)24(21)30)26-27-19-5-3-4-6-20(19)33-26/h3-14,22,29H,1-2H3. The molecule has 1 aromatic heterocycles. The SMILES string of the molecule is COc1ccc(C2C(=C(O)c3ccc(C)cc3)C(=O)C(=O)N2c2nc3ccccc3s2)cc1. The second kappa shape index (κ2) is 8.18. The number of carbonyl (C=O) groups excluding carboxylic acids is 2. The lowest BCUT2D eigenvalue weighted by Crippen LogP contribution is -2.29. The lowest BCUT2D eigenvalue weighted by Gasteiger charge is -2.23. The Hall–Kier alpha value is -3.97. The molecular weight excluding hydrogens is 436 g/mol. The van der Waals surface area contributed by atoms with E-state index in [2.05, 4.69) is 4.98 Å². The summed E-state index contributed by atoms with van der Waals surface area (Å²) in [7, 11) is 1.57. The number of aliphatic hydroxyl groups excluding tert-OH is 1. The number of aliphatic hydroxyl groups is 1. The van der Waals surface area contributed by atoms with Crippen molar-refractivity contribution < 1.29 is 19.4 Å². The van der Waals surface area contributed by atoms with Gasteiger partial charge in [0.25, 0.3) is 5.78 Å². The number of ketones is 1. The number of hydrogen-bond acceptors (Lipinski definition) is 6. The third kappa shape index (κ3) is 3.56. The largest absolute Gasteiger partial charge is 0.507 e. The molecule has 1 amide bonds. The van der Waals surface area contributed by atoms with Crippen LogP contribution >= 0.6 is 11.3 Å². The van der Waals surface area contributed by atoms with Crippen LogP contribution in [0, 0.1) is 6.92 Å². The molecule has 1 N–H and O–H groups in total. The summed E-state index contributed by atoms with van der Waals surface area (Å²) in [5, 5.41) is 11.6. The maximum absolute atomic E-state index is 13.3. The summed E-state index contributed by atoms with van der Waals surface area (Å²) < 4.78 is 6.17. The second-order valence-corrected chi connectivity index (χ2v) is 8.78. The highest BCUT2D eigenvalue weighted by Gasteiger charge is 2.48. The molecule has 1 unspecified atom stereocenters. The number of benzene rings is 3. The summed E-state index contributed by atoms with van der Waals surface area (Å²) in [4.78, 5) is 32.5. The van der Waals surface area contributed by atoms with Crippen LogP contribution < -0.4 is 9.64 Å². The van der Waals surface area contributed by atoms with Gasteiger partial charge in [0.2, 0.25) is 0 Å². The Balaban J connectivity index is 1.72. The molecule has 7 heteroatoms. The molecule has 1 aliphatic heterocycles. The number of rotatable bonds is 4. The Morgan fingerprint density at radius 3 is 2.36 bits per heavy atom. The maximum Gasteiger partial charge on any atom is 0.301 e. The number of hydrogen-bond donors (Lipinski definition) is 1. The van der Waals surface area contributed by atoms with Crippen molar-refractivity contribution in [3.63, 3.8) is 0 Å². The van der Waals surface area contributed by atoms with Crippen LogP contribution in [0.15, 0.2) is 78.4 Å². The molecular formula is C26H20N2O4S. The highest BCUT2D eigenvalue weighted by molar-refractivity contribution is 7.22. The fourth-order valence-corrected chi connectivity index (χ4v) is 4.95. The fraction of sp³-hybridized carbons (Fsp3) is 0.115. The van der Waals surface area contributed by atoms with Crippen LogP contribution in [-0.2, 0) is 9.59 Å². The lowest BCUT2D eigenvalue weighted by atomic mass is 9.95. The summed E-state index contributed by atoms with van der Waals surface area (Å²) in [6.07, 6.45) is 0. The number of anilines is 1. The van der Waals surface area contributed by atoms with Crippen molar-refractivity contribution in [2.24, 2.45) is 0 Å². The number of methoxy groups -OCH3 is 1. The molecule has 164 valence electrons. The van der Waals surface area contributed by atoms with Crippen LogP contribution in [0.3, 0.4) is 0 Å². The molecule has 0 saturated carbocycles. The zero-order chi connectivity index (χ0) is 23.1. The van der Waals surface area contributed by atoms with Gasteiger partial charge in [0, 0.05) is 5.56 Å². The number of aryl methyl sites for hydroxylation is 1.